The van der Waals surface area contributed by atoms with E-state index in [2.05, 4.69) is 19.2 Å². The summed E-state index contributed by atoms with van der Waals surface area (Å²) in [5, 5.41) is 12.6. The molecule has 0 aromatic heterocycles. The Morgan fingerprint density at radius 1 is 1.31 bits per heavy atom. The van der Waals surface area contributed by atoms with Crippen LogP contribution in [0.1, 0.15) is 47.0 Å². The van der Waals surface area contributed by atoms with Gasteiger partial charge in [-0.3, -0.25) is 4.79 Å². The van der Waals surface area contributed by atoms with Gasteiger partial charge < -0.3 is 10.4 Å². The molecule has 0 heterocycles. The van der Waals surface area contributed by atoms with Gasteiger partial charge in [-0.2, -0.15) is 0 Å². The molecular formula is C13H25NO2. The first-order valence-electron chi connectivity index (χ1n) is 6.19. The number of aliphatic hydroxyl groups excluding tert-OH is 1. The van der Waals surface area contributed by atoms with Gasteiger partial charge in [0.2, 0.25) is 5.91 Å². The molecule has 94 valence electrons. The second kappa shape index (κ2) is 8.34. The van der Waals surface area contributed by atoms with Gasteiger partial charge >= 0.3 is 0 Å². The Balaban J connectivity index is 4.05. The van der Waals surface area contributed by atoms with Gasteiger partial charge in [-0.05, 0) is 19.3 Å². The van der Waals surface area contributed by atoms with Gasteiger partial charge in [0.25, 0.3) is 0 Å². The van der Waals surface area contributed by atoms with E-state index >= 15 is 0 Å². The second-order valence-corrected chi connectivity index (χ2v) is 4.15. The van der Waals surface area contributed by atoms with E-state index in [-0.39, 0.29) is 11.8 Å². The zero-order valence-electron chi connectivity index (χ0n) is 10.9. The van der Waals surface area contributed by atoms with Crippen molar-refractivity contribution in [1.29, 1.82) is 0 Å². The Labute approximate surface area is 98.9 Å². The van der Waals surface area contributed by atoms with Crippen LogP contribution in [-0.4, -0.2) is 23.7 Å². The third-order valence-corrected chi connectivity index (χ3v) is 2.93. The van der Waals surface area contributed by atoms with Crippen LogP contribution in [0.25, 0.3) is 0 Å². The molecular weight excluding hydrogens is 202 g/mol. The van der Waals surface area contributed by atoms with Crippen molar-refractivity contribution in [2.75, 3.05) is 6.54 Å². The van der Waals surface area contributed by atoms with Crippen LogP contribution in [0.3, 0.4) is 0 Å². The summed E-state index contributed by atoms with van der Waals surface area (Å²) in [6, 6.07) is 0. The SMILES string of the molecule is CC/C=C(/C)C(=O)NCC(O)C(CC)CC. The van der Waals surface area contributed by atoms with Crippen molar-refractivity contribution in [3.63, 3.8) is 0 Å². The Morgan fingerprint density at radius 3 is 2.31 bits per heavy atom. The van der Waals surface area contributed by atoms with Gasteiger partial charge in [0.15, 0.2) is 0 Å². The zero-order valence-corrected chi connectivity index (χ0v) is 10.9. The maximum absolute atomic E-state index is 11.5. The highest BCUT2D eigenvalue weighted by Crippen LogP contribution is 2.12. The lowest BCUT2D eigenvalue weighted by molar-refractivity contribution is -0.118. The smallest absolute Gasteiger partial charge is 0.246 e. The fourth-order valence-corrected chi connectivity index (χ4v) is 1.74. The number of allylic oxidation sites excluding steroid dienone is 1. The maximum Gasteiger partial charge on any atom is 0.246 e. The summed E-state index contributed by atoms with van der Waals surface area (Å²) in [6.07, 6.45) is 4.19. The number of carbonyl (C=O) groups is 1. The Hall–Kier alpha value is -0.830. The Bertz CT molecular complexity index is 232. The van der Waals surface area contributed by atoms with Gasteiger partial charge in [-0.15, -0.1) is 0 Å². The number of hydrogen-bond acceptors (Lipinski definition) is 2. The lowest BCUT2D eigenvalue weighted by atomic mass is 9.96. The molecule has 0 bridgehead atoms. The van der Waals surface area contributed by atoms with Gasteiger partial charge in [0.05, 0.1) is 6.10 Å². The number of hydrogen-bond donors (Lipinski definition) is 2. The number of amides is 1. The minimum Gasteiger partial charge on any atom is -0.391 e. The van der Waals surface area contributed by atoms with E-state index in [1.165, 1.54) is 0 Å². The molecule has 0 saturated heterocycles. The van der Waals surface area contributed by atoms with E-state index in [4.69, 9.17) is 0 Å². The van der Waals surface area contributed by atoms with Crippen molar-refractivity contribution in [3.8, 4) is 0 Å². The predicted octanol–water partition coefficient (Wildman–Crippen LogP) is 2.26. The molecule has 0 aromatic rings. The molecule has 0 radical (unpaired) electrons. The van der Waals surface area contributed by atoms with Crippen molar-refractivity contribution in [2.45, 2.75) is 53.1 Å². The molecule has 1 atom stereocenters. The van der Waals surface area contributed by atoms with Crippen molar-refractivity contribution in [1.82, 2.24) is 5.32 Å². The summed E-state index contributed by atoms with van der Waals surface area (Å²) < 4.78 is 0. The summed E-state index contributed by atoms with van der Waals surface area (Å²) in [5.74, 6) is 0.197. The average molecular weight is 227 g/mol. The second-order valence-electron chi connectivity index (χ2n) is 4.15. The van der Waals surface area contributed by atoms with Crippen LogP contribution in [0.2, 0.25) is 0 Å². The number of carbonyl (C=O) groups excluding carboxylic acids is 1. The highest BCUT2D eigenvalue weighted by atomic mass is 16.3. The van der Waals surface area contributed by atoms with Crippen molar-refractivity contribution >= 4 is 5.91 Å². The van der Waals surface area contributed by atoms with Crippen LogP contribution in [0.5, 0.6) is 0 Å². The van der Waals surface area contributed by atoms with Gasteiger partial charge in [-0.25, -0.2) is 0 Å². The minimum absolute atomic E-state index is 0.0770. The van der Waals surface area contributed by atoms with Crippen LogP contribution < -0.4 is 5.32 Å². The summed E-state index contributed by atoms with van der Waals surface area (Å²) in [4.78, 5) is 11.5. The first-order valence-corrected chi connectivity index (χ1v) is 6.19. The summed E-state index contributed by atoms with van der Waals surface area (Å²) in [6.45, 7) is 8.25. The van der Waals surface area contributed by atoms with Crippen LogP contribution in [0.4, 0.5) is 0 Å². The molecule has 3 nitrogen and oxygen atoms in total. The average Bonchev–Trinajstić information content (AvgIpc) is 2.27. The van der Waals surface area contributed by atoms with Crippen molar-refractivity contribution in [2.24, 2.45) is 5.92 Å². The molecule has 0 aromatic carbocycles. The van der Waals surface area contributed by atoms with Crippen molar-refractivity contribution < 1.29 is 9.90 Å². The normalized spacial score (nSPS) is 14.0. The first-order chi connectivity index (χ1) is 7.56. The third-order valence-electron chi connectivity index (χ3n) is 2.93. The maximum atomic E-state index is 11.5. The molecule has 0 rings (SSSR count). The van der Waals surface area contributed by atoms with Crippen LogP contribution in [-0.2, 0) is 4.79 Å². The van der Waals surface area contributed by atoms with E-state index in [9.17, 15) is 9.90 Å². The highest BCUT2D eigenvalue weighted by molar-refractivity contribution is 5.92. The summed E-state index contributed by atoms with van der Waals surface area (Å²) >= 11 is 0. The molecule has 3 heteroatoms. The predicted molar refractivity (Wildman–Crippen MR) is 67.1 cm³/mol. The molecule has 1 unspecified atom stereocenters. The molecule has 16 heavy (non-hydrogen) atoms. The molecule has 0 spiro atoms. The van der Waals surface area contributed by atoms with Gasteiger partial charge in [0, 0.05) is 12.1 Å². The third kappa shape index (κ3) is 5.31. The van der Waals surface area contributed by atoms with E-state index < -0.39 is 6.10 Å². The standard InChI is InChI=1S/C13H25NO2/c1-5-8-10(4)13(16)14-9-12(15)11(6-2)7-3/h8,11-12,15H,5-7,9H2,1-4H3,(H,14,16)/b10-8-. The Kier molecular flexibility index (Phi) is 7.90. The number of rotatable bonds is 7. The van der Waals surface area contributed by atoms with E-state index in [0.717, 1.165) is 24.8 Å². The van der Waals surface area contributed by atoms with E-state index in [1.54, 1.807) is 6.92 Å². The largest absolute Gasteiger partial charge is 0.391 e. The topological polar surface area (TPSA) is 49.3 Å². The molecule has 0 aliphatic carbocycles. The van der Waals surface area contributed by atoms with Crippen LogP contribution >= 0.6 is 0 Å². The molecule has 0 saturated carbocycles. The molecule has 2 N–H and O–H groups in total. The quantitative estimate of drug-likeness (QED) is 0.655. The fourth-order valence-electron chi connectivity index (χ4n) is 1.74. The Morgan fingerprint density at radius 2 is 1.88 bits per heavy atom. The minimum atomic E-state index is -0.437. The molecule has 0 aliphatic rings. The fraction of sp³-hybridized carbons (Fsp3) is 0.769. The monoisotopic (exact) mass is 227 g/mol. The summed E-state index contributed by atoms with van der Waals surface area (Å²) in [7, 11) is 0. The zero-order chi connectivity index (χ0) is 12.6. The lowest BCUT2D eigenvalue weighted by Gasteiger charge is -2.20. The number of aliphatic hydroxyl groups is 1. The van der Waals surface area contributed by atoms with Crippen LogP contribution in [0.15, 0.2) is 11.6 Å². The molecule has 1 amide bonds. The summed E-state index contributed by atoms with van der Waals surface area (Å²) in [5.41, 5.74) is 0.722. The van der Waals surface area contributed by atoms with Crippen LogP contribution in [0, 0.1) is 5.92 Å². The molecule has 0 aliphatic heterocycles. The molecule has 0 fully saturated rings. The van der Waals surface area contributed by atoms with Gasteiger partial charge in [-0.1, -0.05) is 39.7 Å². The number of nitrogens with one attached hydrogen (secondary N) is 1. The lowest BCUT2D eigenvalue weighted by Crippen LogP contribution is -2.36. The highest BCUT2D eigenvalue weighted by Gasteiger charge is 2.16. The van der Waals surface area contributed by atoms with E-state index in [0.29, 0.717) is 6.54 Å². The van der Waals surface area contributed by atoms with Crippen molar-refractivity contribution in [3.05, 3.63) is 11.6 Å². The first kappa shape index (κ1) is 15.2. The van der Waals surface area contributed by atoms with Gasteiger partial charge in [0.1, 0.15) is 0 Å². The van der Waals surface area contributed by atoms with E-state index in [1.807, 2.05) is 13.0 Å².